The van der Waals surface area contributed by atoms with Gasteiger partial charge in [0.25, 0.3) is 0 Å². The molecule has 2 aliphatic rings. The predicted octanol–water partition coefficient (Wildman–Crippen LogP) is 2.44. The van der Waals surface area contributed by atoms with E-state index < -0.39 is 42.8 Å². The molecule has 3 atom stereocenters. The number of ether oxygens (including phenoxy) is 1. The standard InChI is InChI=1S/C26H41BN2O6/c1-16(2)13-22(27-34-25(3,4)26(5,6)35-27)29-24(32)20(15-30)28-23(31)18-11-12-19-17(14-18)9-8-10-21(19)33-7/h8-10,16,18,20,22,30H,11-15H2,1-7H3,(H,28,31)(H,29,32)/t18?,20-,22-/m0/s1. The Bertz CT molecular complexity index is 903. The van der Waals surface area contributed by atoms with E-state index in [1.54, 1.807) is 7.11 Å². The van der Waals surface area contributed by atoms with Gasteiger partial charge in [-0.3, -0.25) is 9.59 Å². The highest BCUT2D eigenvalue weighted by molar-refractivity contribution is 6.48. The van der Waals surface area contributed by atoms with Crippen molar-refractivity contribution < 1.29 is 28.7 Å². The van der Waals surface area contributed by atoms with Crippen LogP contribution in [0.25, 0.3) is 0 Å². The van der Waals surface area contributed by atoms with Gasteiger partial charge in [0.15, 0.2) is 0 Å². The fraction of sp³-hybridized carbons (Fsp3) is 0.692. The zero-order valence-electron chi connectivity index (χ0n) is 22.1. The number of hydrogen-bond acceptors (Lipinski definition) is 6. The minimum absolute atomic E-state index is 0.233. The molecule has 1 aromatic carbocycles. The lowest BCUT2D eigenvalue weighted by atomic mass is 9.74. The number of fused-ring (bicyclic) bond motifs is 1. The van der Waals surface area contributed by atoms with Crippen molar-refractivity contribution in [3.63, 3.8) is 0 Å². The van der Waals surface area contributed by atoms with E-state index in [-0.39, 0.29) is 17.7 Å². The summed E-state index contributed by atoms with van der Waals surface area (Å²) in [5, 5.41) is 15.7. The topological polar surface area (TPSA) is 106 Å². The third-order valence-electron chi connectivity index (χ3n) is 7.50. The molecule has 1 fully saturated rings. The van der Waals surface area contributed by atoms with Crippen molar-refractivity contribution in [1.29, 1.82) is 0 Å². The smallest absolute Gasteiger partial charge is 0.481 e. The van der Waals surface area contributed by atoms with E-state index in [9.17, 15) is 14.7 Å². The minimum atomic E-state index is -1.05. The molecule has 8 nitrogen and oxygen atoms in total. The predicted molar refractivity (Wildman–Crippen MR) is 135 cm³/mol. The first kappa shape index (κ1) is 27.5. The third kappa shape index (κ3) is 6.19. The van der Waals surface area contributed by atoms with Gasteiger partial charge in [-0.2, -0.15) is 0 Å². The summed E-state index contributed by atoms with van der Waals surface area (Å²) >= 11 is 0. The largest absolute Gasteiger partial charge is 0.496 e. The van der Waals surface area contributed by atoms with Crippen molar-refractivity contribution >= 4 is 18.9 Å². The molecule has 0 radical (unpaired) electrons. The number of aliphatic hydroxyl groups excluding tert-OH is 1. The Labute approximate surface area is 209 Å². The Balaban J connectivity index is 1.65. The van der Waals surface area contributed by atoms with Gasteiger partial charge in [0, 0.05) is 5.92 Å². The Kier molecular flexibility index (Phi) is 8.55. The van der Waals surface area contributed by atoms with Gasteiger partial charge in [0.05, 0.1) is 30.9 Å². The average Bonchev–Trinajstić information content (AvgIpc) is 3.02. The van der Waals surface area contributed by atoms with Gasteiger partial charge >= 0.3 is 7.12 Å². The van der Waals surface area contributed by atoms with Gasteiger partial charge < -0.3 is 29.8 Å². The summed E-state index contributed by atoms with van der Waals surface area (Å²) in [7, 11) is 1.03. The van der Waals surface area contributed by atoms with Crippen LogP contribution in [-0.2, 0) is 31.7 Å². The molecule has 1 saturated heterocycles. The number of methoxy groups -OCH3 is 1. The first-order chi connectivity index (χ1) is 16.4. The Hall–Kier alpha value is -2.10. The van der Waals surface area contributed by atoms with Crippen LogP contribution in [0.1, 0.15) is 65.5 Å². The number of rotatable bonds is 9. The molecule has 2 amide bonds. The second-order valence-electron chi connectivity index (χ2n) is 11.2. The molecule has 0 spiro atoms. The number of aliphatic hydroxyl groups is 1. The zero-order chi connectivity index (χ0) is 26.0. The second kappa shape index (κ2) is 10.9. The Morgan fingerprint density at radius 3 is 2.40 bits per heavy atom. The van der Waals surface area contributed by atoms with E-state index in [1.165, 1.54) is 0 Å². The number of benzene rings is 1. The van der Waals surface area contributed by atoms with E-state index in [1.807, 2.05) is 45.9 Å². The maximum Gasteiger partial charge on any atom is 0.481 e. The molecule has 9 heteroatoms. The van der Waals surface area contributed by atoms with Gasteiger partial charge in [0.1, 0.15) is 11.8 Å². The summed E-state index contributed by atoms with van der Waals surface area (Å²) < 4.78 is 17.8. The highest BCUT2D eigenvalue weighted by atomic mass is 16.7. The Morgan fingerprint density at radius 2 is 1.83 bits per heavy atom. The first-order valence-electron chi connectivity index (χ1n) is 12.6. The van der Waals surface area contributed by atoms with Crippen LogP contribution in [0.4, 0.5) is 0 Å². The quantitative estimate of drug-likeness (QED) is 0.461. The van der Waals surface area contributed by atoms with Crippen molar-refractivity contribution in [1.82, 2.24) is 10.6 Å². The Morgan fingerprint density at radius 1 is 1.17 bits per heavy atom. The van der Waals surface area contributed by atoms with Crippen LogP contribution < -0.4 is 15.4 Å². The first-order valence-corrected chi connectivity index (χ1v) is 12.6. The molecule has 194 valence electrons. The van der Waals surface area contributed by atoms with E-state index in [0.29, 0.717) is 19.3 Å². The summed E-state index contributed by atoms with van der Waals surface area (Å²) in [5.74, 6) is -0.244. The lowest BCUT2D eigenvalue weighted by Gasteiger charge is -2.32. The molecule has 0 aromatic heterocycles. The maximum absolute atomic E-state index is 13.1. The van der Waals surface area contributed by atoms with Crippen molar-refractivity contribution in [3.05, 3.63) is 29.3 Å². The molecular weight excluding hydrogens is 447 g/mol. The van der Waals surface area contributed by atoms with E-state index in [2.05, 4.69) is 24.5 Å². The maximum atomic E-state index is 13.1. The highest BCUT2D eigenvalue weighted by Gasteiger charge is 2.54. The minimum Gasteiger partial charge on any atom is -0.496 e. The normalized spacial score (nSPS) is 22.3. The number of carbonyl (C=O) groups is 2. The van der Waals surface area contributed by atoms with Crippen LogP contribution in [0.3, 0.4) is 0 Å². The van der Waals surface area contributed by atoms with Crippen LogP contribution in [0.15, 0.2) is 18.2 Å². The highest BCUT2D eigenvalue weighted by Crippen LogP contribution is 2.38. The molecule has 0 saturated carbocycles. The molecule has 3 rings (SSSR count). The molecule has 35 heavy (non-hydrogen) atoms. The van der Waals surface area contributed by atoms with Crippen molar-refractivity contribution in [2.24, 2.45) is 11.8 Å². The molecule has 1 heterocycles. The number of hydrogen-bond donors (Lipinski definition) is 3. The fourth-order valence-electron chi connectivity index (χ4n) is 4.75. The summed E-state index contributed by atoms with van der Waals surface area (Å²) in [6.45, 7) is 11.5. The van der Waals surface area contributed by atoms with Crippen LogP contribution in [0.2, 0.25) is 0 Å². The SMILES string of the molecule is COc1cccc2c1CCC(C(=O)N[C@@H](CO)C(=O)N[C@@H](CC(C)C)B1OC(C)(C)C(C)(C)O1)C2. The fourth-order valence-corrected chi connectivity index (χ4v) is 4.75. The van der Waals surface area contributed by atoms with Gasteiger partial charge in [0.2, 0.25) is 11.8 Å². The van der Waals surface area contributed by atoms with E-state index in [4.69, 9.17) is 14.0 Å². The lowest BCUT2D eigenvalue weighted by Crippen LogP contribution is -2.56. The number of carbonyl (C=O) groups excluding carboxylic acids is 2. The number of nitrogens with one attached hydrogen (secondary N) is 2. The molecule has 1 aliphatic carbocycles. The van der Waals surface area contributed by atoms with Crippen molar-refractivity contribution in [3.8, 4) is 5.75 Å². The average molecular weight is 488 g/mol. The van der Waals surface area contributed by atoms with Crippen molar-refractivity contribution in [2.45, 2.75) is 90.4 Å². The molecular formula is C26H41BN2O6. The van der Waals surface area contributed by atoms with E-state index in [0.717, 1.165) is 23.3 Å². The molecule has 1 aliphatic heterocycles. The van der Waals surface area contributed by atoms with E-state index >= 15 is 0 Å². The summed E-state index contributed by atoms with van der Waals surface area (Å²) in [4.78, 5) is 26.2. The zero-order valence-corrected chi connectivity index (χ0v) is 22.1. The monoisotopic (exact) mass is 488 g/mol. The third-order valence-corrected chi connectivity index (χ3v) is 7.50. The summed E-state index contributed by atoms with van der Waals surface area (Å²) in [6, 6.07) is 4.81. The molecule has 1 aromatic rings. The van der Waals surface area contributed by atoms with Crippen LogP contribution in [0.5, 0.6) is 5.75 Å². The molecule has 1 unspecified atom stereocenters. The van der Waals surface area contributed by atoms with Crippen LogP contribution in [-0.4, -0.2) is 60.9 Å². The second-order valence-corrected chi connectivity index (χ2v) is 11.2. The van der Waals surface area contributed by atoms with Gasteiger partial charge in [-0.15, -0.1) is 0 Å². The van der Waals surface area contributed by atoms with Gasteiger partial charge in [-0.25, -0.2) is 0 Å². The van der Waals surface area contributed by atoms with Crippen molar-refractivity contribution in [2.75, 3.05) is 13.7 Å². The van der Waals surface area contributed by atoms with Gasteiger partial charge in [-0.1, -0.05) is 26.0 Å². The molecule has 0 bridgehead atoms. The lowest BCUT2D eigenvalue weighted by molar-refractivity contribution is -0.132. The summed E-state index contributed by atoms with van der Waals surface area (Å²) in [5.41, 5.74) is 1.16. The van der Waals surface area contributed by atoms with Crippen LogP contribution >= 0.6 is 0 Å². The molecule has 3 N–H and O–H groups in total. The van der Waals surface area contributed by atoms with Crippen LogP contribution in [0, 0.1) is 11.8 Å². The summed E-state index contributed by atoms with van der Waals surface area (Å²) in [6.07, 6.45) is 2.59. The number of amides is 2. The van der Waals surface area contributed by atoms with Gasteiger partial charge in [-0.05, 0) is 76.5 Å².